The van der Waals surface area contributed by atoms with Gasteiger partial charge in [-0.2, -0.15) is 0 Å². The van der Waals surface area contributed by atoms with Crippen LogP contribution in [0.1, 0.15) is 39.9 Å². The number of nitro groups is 1. The summed E-state index contributed by atoms with van der Waals surface area (Å²) in [6, 6.07) is 25.8. The van der Waals surface area contributed by atoms with Crippen molar-refractivity contribution in [1.29, 1.82) is 0 Å². The zero-order valence-corrected chi connectivity index (χ0v) is 18.8. The molecule has 1 aliphatic heterocycles. The number of anilines is 1. The summed E-state index contributed by atoms with van der Waals surface area (Å²) in [7, 11) is 0. The Balaban J connectivity index is 1.34. The van der Waals surface area contributed by atoms with Gasteiger partial charge in [-0.1, -0.05) is 66.7 Å². The Morgan fingerprint density at radius 2 is 1.74 bits per heavy atom. The average molecular weight is 463 g/mol. The van der Waals surface area contributed by atoms with Gasteiger partial charge in [-0.15, -0.1) is 0 Å². The maximum Gasteiger partial charge on any atom is 0.345 e. The summed E-state index contributed by atoms with van der Waals surface area (Å²) >= 11 is 0. The van der Waals surface area contributed by atoms with Crippen molar-refractivity contribution in [3.8, 4) is 5.75 Å². The van der Waals surface area contributed by atoms with Crippen LogP contribution in [0.25, 0.3) is 10.8 Å². The molecule has 172 valence electrons. The molecule has 1 heterocycles. The Kier molecular flexibility index (Phi) is 5.07. The van der Waals surface area contributed by atoms with Crippen molar-refractivity contribution < 1.29 is 14.5 Å². The number of esters is 1. The molecule has 0 amide bonds. The van der Waals surface area contributed by atoms with E-state index in [-0.39, 0.29) is 23.6 Å². The normalized spacial score (nSPS) is 20.1. The number of carbonyl (C=O) groups excluding carboxylic acids is 1. The third-order valence-corrected chi connectivity index (χ3v) is 7.01. The van der Waals surface area contributed by atoms with Crippen molar-refractivity contribution in [2.45, 2.75) is 18.4 Å². The molecule has 0 aromatic heterocycles. The number of para-hydroxylation sites is 1. The Labute approximate surface area is 202 Å². The van der Waals surface area contributed by atoms with Crippen LogP contribution in [0, 0.1) is 16.0 Å². The first kappa shape index (κ1) is 21.1. The lowest BCUT2D eigenvalue weighted by Gasteiger charge is -2.38. The maximum atomic E-state index is 13.3. The molecule has 4 aromatic rings. The van der Waals surface area contributed by atoms with Gasteiger partial charge in [0, 0.05) is 18.1 Å². The third kappa shape index (κ3) is 3.73. The van der Waals surface area contributed by atoms with Gasteiger partial charge in [0.15, 0.2) is 0 Å². The van der Waals surface area contributed by atoms with Gasteiger partial charge in [-0.3, -0.25) is 10.1 Å². The Morgan fingerprint density at radius 3 is 2.54 bits per heavy atom. The molecule has 0 spiro atoms. The first-order valence-electron chi connectivity index (χ1n) is 11.6. The minimum absolute atomic E-state index is 0.0608. The molecule has 4 aromatic carbocycles. The van der Waals surface area contributed by atoms with Crippen LogP contribution in [0.3, 0.4) is 0 Å². The van der Waals surface area contributed by atoms with E-state index in [2.05, 4.69) is 23.5 Å². The number of fused-ring (bicyclic) bond motifs is 4. The average Bonchev–Trinajstić information content (AvgIpc) is 3.38. The SMILES string of the molecule is O=C(Oc1ccc2ccccc2c1)c1cccc2c1N[C@H](c1ccc([N+](=O)[O-])cc1)[C@@H]1CC=C[C@@H]21. The highest BCUT2D eigenvalue weighted by atomic mass is 16.6. The topological polar surface area (TPSA) is 81.5 Å². The van der Waals surface area contributed by atoms with Crippen LogP contribution in [0.5, 0.6) is 5.75 Å². The first-order chi connectivity index (χ1) is 17.1. The van der Waals surface area contributed by atoms with Crippen LogP contribution >= 0.6 is 0 Å². The Hall–Kier alpha value is -4.45. The smallest absolute Gasteiger partial charge is 0.345 e. The second-order valence-electron chi connectivity index (χ2n) is 8.99. The number of nitro benzene ring substituents is 1. The van der Waals surface area contributed by atoms with Crippen LogP contribution in [0.4, 0.5) is 11.4 Å². The molecule has 3 atom stereocenters. The van der Waals surface area contributed by atoms with Crippen LogP contribution in [-0.4, -0.2) is 10.9 Å². The van der Waals surface area contributed by atoms with Crippen molar-refractivity contribution in [3.63, 3.8) is 0 Å². The lowest BCUT2D eigenvalue weighted by atomic mass is 9.76. The van der Waals surface area contributed by atoms with Gasteiger partial charge in [-0.05, 0) is 52.4 Å². The predicted molar refractivity (Wildman–Crippen MR) is 135 cm³/mol. The fourth-order valence-electron chi connectivity index (χ4n) is 5.32. The Morgan fingerprint density at radius 1 is 0.943 bits per heavy atom. The molecule has 2 aliphatic rings. The zero-order valence-electron chi connectivity index (χ0n) is 18.8. The monoisotopic (exact) mass is 462 g/mol. The fraction of sp³-hybridized carbons (Fsp3) is 0.138. The fourth-order valence-corrected chi connectivity index (χ4v) is 5.32. The molecule has 0 radical (unpaired) electrons. The molecule has 0 bridgehead atoms. The van der Waals surface area contributed by atoms with E-state index in [0.717, 1.165) is 34.0 Å². The molecular formula is C29H22N2O4. The van der Waals surface area contributed by atoms with Gasteiger partial charge >= 0.3 is 5.97 Å². The number of hydrogen-bond acceptors (Lipinski definition) is 5. The minimum atomic E-state index is -0.424. The summed E-state index contributed by atoms with van der Waals surface area (Å²) < 4.78 is 5.80. The molecule has 0 saturated heterocycles. The van der Waals surface area contributed by atoms with Crippen LogP contribution in [0.15, 0.2) is 97.1 Å². The molecule has 0 saturated carbocycles. The highest BCUT2D eigenvalue weighted by Gasteiger charge is 2.39. The van der Waals surface area contributed by atoms with Crippen molar-refractivity contribution >= 4 is 28.1 Å². The summed E-state index contributed by atoms with van der Waals surface area (Å²) in [5.41, 5.74) is 3.31. The van der Waals surface area contributed by atoms with Crippen LogP contribution in [0.2, 0.25) is 0 Å². The van der Waals surface area contributed by atoms with E-state index in [9.17, 15) is 14.9 Å². The number of benzene rings is 4. The summed E-state index contributed by atoms with van der Waals surface area (Å²) in [6.45, 7) is 0. The largest absolute Gasteiger partial charge is 0.423 e. The van der Waals surface area contributed by atoms with Crippen molar-refractivity contribution in [1.82, 2.24) is 0 Å². The summed E-state index contributed by atoms with van der Waals surface area (Å²) in [5, 5.41) is 16.8. The molecule has 1 N–H and O–H groups in total. The first-order valence-corrected chi connectivity index (χ1v) is 11.6. The van der Waals surface area contributed by atoms with Crippen molar-refractivity contribution in [2.75, 3.05) is 5.32 Å². The number of hydrogen-bond donors (Lipinski definition) is 1. The summed E-state index contributed by atoms with van der Waals surface area (Å²) in [4.78, 5) is 24.0. The van der Waals surface area contributed by atoms with Crippen LogP contribution in [-0.2, 0) is 0 Å². The standard InChI is InChI=1S/C29H22N2O4/c32-29(35-22-16-13-18-5-1-2-6-20(18)17-22)26-10-4-9-25-23-7-3-8-24(23)27(30-28(25)26)19-11-14-21(15-12-19)31(33)34/h1-7,9-17,23-24,27,30H,8H2/t23-,24-,27-/m1/s1. The summed E-state index contributed by atoms with van der Waals surface area (Å²) in [5.74, 6) is 0.482. The van der Waals surface area contributed by atoms with Gasteiger partial charge in [0.05, 0.1) is 22.2 Å². The van der Waals surface area contributed by atoms with Crippen molar-refractivity contribution in [3.05, 3.63) is 124 Å². The van der Waals surface area contributed by atoms with Gasteiger partial charge in [-0.25, -0.2) is 4.79 Å². The number of ether oxygens (including phenoxy) is 1. The van der Waals surface area contributed by atoms with E-state index in [4.69, 9.17) is 4.74 Å². The zero-order chi connectivity index (χ0) is 23.9. The van der Waals surface area contributed by atoms with E-state index in [1.807, 2.05) is 42.5 Å². The number of allylic oxidation sites excluding steroid dienone is 2. The highest BCUT2D eigenvalue weighted by Crippen LogP contribution is 2.50. The second kappa shape index (κ2) is 8.40. The molecule has 0 unspecified atom stereocenters. The van der Waals surface area contributed by atoms with E-state index >= 15 is 0 Å². The molecular weight excluding hydrogens is 440 g/mol. The van der Waals surface area contributed by atoms with Gasteiger partial charge in [0.2, 0.25) is 0 Å². The second-order valence-corrected chi connectivity index (χ2v) is 8.99. The Bertz CT molecular complexity index is 1490. The number of nitrogens with one attached hydrogen (secondary N) is 1. The molecule has 6 heteroatoms. The van der Waals surface area contributed by atoms with E-state index in [1.54, 1.807) is 24.3 Å². The van der Waals surface area contributed by atoms with E-state index in [0.29, 0.717) is 11.3 Å². The molecule has 35 heavy (non-hydrogen) atoms. The lowest BCUT2D eigenvalue weighted by molar-refractivity contribution is -0.384. The number of carbonyl (C=O) groups is 1. The lowest BCUT2D eigenvalue weighted by Crippen LogP contribution is -2.30. The van der Waals surface area contributed by atoms with E-state index < -0.39 is 10.9 Å². The molecule has 0 fully saturated rings. The van der Waals surface area contributed by atoms with Gasteiger partial charge < -0.3 is 10.1 Å². The van der Waals surface area contributed by atoms with Gasteiger partial charge in [0.25, 0.3) is 5.69 Å². The minimum Gasteiger partial charge on any atom is -0.423 e. The highest BCUT2D eigenvalue weighted by molar-refractivity contribution is 5.98. The van der Waals surface area contributed by atoms with E-state index in [1.165, 1.54) is 12.1 Å². The van der Waals surface area contributed by atoms with Crippen molar-refractivity contribution in [2.24, 2.45) is 5.92 Å². The number of rotatable bonds is 4. The predicted octanol–water partition coefficient (Wildman–Crippen LogP) is 6.79. The molecule has 6 nitrogen and oxygen atoms in total. The van der Waals surface area contributed by atoms with Crippen LogP contribution < -0.4 is 10.1 Å². The quantitative estimate of drug-likeness (QED) is 0.119. The third-order valence-electron chi connectivity index (χ3n) is 7.01. The maximum absolute atomic E-state index is 13.3. The number of non-ortho nitro benzene ring substituents is 1. The number of nitrogens with zero attached hydrogens (tertiary/aromatic N) is 1. The summed E-state index contributed by atoms with van der Waals surface area (Å²) in [6.07, 6.45) is 5.26. The molecule has 6 rings (SSSR count). The molecule has 1 aliphatic carbocycles. The van der Waals surface area contributed by atoms with Gasteiger partial charge in [0.1, 0.15) is 5.75 Å².